The molecular formula is C14H12ClNO3S4. The first-order chi connectivity index (χ1) is 11.0. The van der Waals surface area contributed by atoms with E-state index in [1.165, 1.54) is 28.7 Å². The Bertz CT molecular complexity index is 883. The second-order valence-corrected chi connectivity index (χ2v) is 10.3. The zero-order chi connectivity index (χ0) is 16.4. The summed E-state index contributed by atoms with van der Waals surface area (Å²) in [5, 5.41) is 14.1. The molecule has 3 aromatic heterocycles. The van der Waals surface area contributed by atoms with E-state index in [1.807, 2.05) is 29.0 Å². The number of aliphatic hydroxyl groups excluding tert-OH is 1. The Morgan fingerprint density at radius 3 is 2.65 bits per heavy atom. The Morgan fingerprint density at radius 2 is 2.00 bits per heavy atom. The molecule has 4 nitrogen and oxygen atoms in total. The summed E-state index contributed by atoms with van der Waals surface area (Å²) in [6.07, 6.45) is -0.673. The Morgan fingerprint density at radius 1 is 1.17 bits per heavy atom. The van der Waals surface area contributed by atoms with Gasteiger partial charge >= 0.3 is 0 Å². The molecule has 0 aromatic carbocycles. The van der Waals surface area contributed by atoms with Gasteiger partial charge in [0.2, 0.25) is 10.0 Å². The van der Waals surface area contributed by atoms with Crippen LogP contribution in [0.4, 0.5) is 0 Å². The largest absolute Gasteiger partial charge is 0.383 e. The zero-order valence-electron chi connectivity index (χ0n) is 11.6. The van der Waals surface area contributed by atoms with Gasteiger partial charge in [-0.2, -0.15) is 11.3 Å². The molecule has 0 aliphatic rings. The molecule has 1 atom stereocenters. The van der Waals surface area contributed by atoms with Gasteiger partial charge in [-0.25, -0.2) is 13.1 Å². The van der Waals surface area contributed by atoms with Crippen LogP contribution < -0.4 is 4.72 Å². The summed E-state index contributed by atoms with van der Waals surface area (Å²) < 4.78 is 27.5. The number of nitrogens with one attached hydrogen (secondary N) is 1. The Hall–Kier alpha value is -0.740. The standard InChI is InChI=1S/C14H12ClNO3S4/c15-12-3-4-13(22-12)23(18,19)16-7-10-1-2-11(21-10)14(17)9-5-6-20-8-9/h1-6,8,14,16-17H,7H2. The second-order valence-electron chi connectivity index (χ2n) is 4.65. The molecular weight excluding hydrogens is 394 g/mol. The van der Waals surface area contributed by atoms with Gasteiger partial charge in [0, 0.05) is 16.3 Å². The van der Waals surface area contributed by atoms with Crippen LogP contribution in [-0.2, 0) is 16.6 Å². The van der Waals surface area contributed by atoms with Crippen molar-refractivity contribution in [2.75, 3.05) is 0 Å². The summed E-state index contributed by atoms with van der Waals surface area (Å²) in [4.78, 5) is 1.62. The Kier molecular flexibility index (Phi) is 5.22. The van der Waals surface area contributed by atoms with Gasteiger partial charge in [-0.1, -0.05) is 11.6 Å². The smallest absolute Gasteiger partial charge is 0.250 e. The van der Waals surface area contributed by atoms with Gasteiger partial charge < -0.3 is 5.11 Å². The van der Waals surface area contributed by atoms with Crippen LogP contribution in [-0.4, -0.2) is 13.5 Å². The van der Waals surface area contributed by atoms with Gasteiger partial charge in [0.15, 0.2) is 0 Å². The number of rotatable bonds is 6. The molecule has 3 aromatic rings. The molecule has 23 heavy (non-hydrogen) atoms. The van der Waals surface area contributed by atoms with Gasteiger partial charge in [-0.15, -0.1) is 22.7 Å². The fourth-order valence-corrected chi connectivity index (χ4v) is 6.18. The van der Waals surface area contributed by atoms with Crippen LogP contribution in [0.2, 0.25) is 4.34 Å². The predicted octanol–water partition coefficient (Wildman–Crippen LogP) is 4.08. The van der Waals surface area contributed by atoms with Crippen molar-refractivity contribution in [3.8, 4) is 0 Å². The summed E-state index contributed by atoms with van der Waals surface area (Å²) in [7, 11) is -3.56. The molecule has 0 radical (unpaired) electrons. The minimum Gasteiger partial charge on any atom is -0.383 e. The predicted molar refractivity (Wildman–Crippen MR) is 96.1 cm³/mol. The molecule has 122 valence electrons. The fraction of sp³-hybridized carbons (Fsp3) is 0.143. The van der Waals surface area contributed by atoms with Crippen molar-refractivity contribution >= 4 is 55.6 Å². The second kappa shape index (κ2) is 7.02. The van der Waals surface area contributed by atoms with Gasteiger partial charge in [0.05, 0.1) is 4.34 Å². The van der Waals surface area contributed by atoms with E-state index in [0.29, 0.717) is 4.34 Å². The lowest BCUT2D eigenvalue weighted by Gasteiger charge is -2.05. The van der Waals surface area contributed by atoms with Crippen molar-refractivity contribution < 1.29 is 13.5 Å². The highest BCUT2D eigenvalue weighted by molar-refractivity contribution is 7.91. The molecule has 0 aliphatic heterocycles. The molecule has 3 rings (SSSR count). The van der Waals surface area contributed by atoms with Crippen LogP contribution in [0, 0.1) is 0 Å². The van der Waals surface area contributed by atoms with Crippen LogP contribution in [0.5, 0.6) is 0 Å². The number of aliphatic hydroxyl groups is 1. The number of sulfonamides is 1. The maximum atomic E-state index is 12.1. The van der Waals surface area contributed by atoms with Crippen molar-refractivity contribution in [2.24, 2.45) is 0 Å². The number of halogens is 1. The van der Waals surface area contributed by atoms with Crippen LogP contribution in [0.1, 0.15) is 21.4 Å². The summed E-state index contributed by atoms with van der Waals surface area (Å²) in [5.74, 6) is 0. The molecule has 0 fully saturated rings. The molecule has 0 aliphatic carbocycles. The quantitative estimate of drug-likeness (QED) is 0.649. The maximum absolute atomic E-state index is 12.1. The lowest BCUT2D eigenvalue weighted by atomic mass is 10.2. The third-order valence-electron chi connectivity index (χ3n) is 3.06. The molecule has 0 saturated heterocycles. The van der Waals surface area contributed by atoms with Crippen LogP contribution in [0.15, 0.2) is 45.3 Å². The van der Waals surface area contributed by atoms with Crippen LogP contribution in [0.3, 0.4) is 0 Å². The first kappa shape index (κ1) is 17.1. The van der Waals surface area contributed by atoms with Gasteiger partial charge in [-0.05, 0) is 46.7 Å². The van der Waals surface area contributed by atoms with Crippen LogP contribution >= 0.6 is 45.6 Å². The highest BCUT2D eigenvalue weighted by Gasteiger charge is 2.18. The normalized spacial score (nSPS) is 13.3. The highest BCUT2D eigenvalue weighted by atomic mass is 35.5. The summed E-state index contributed by atoms with van der Waals surface area (Å²) >= 11 is 9.70. The molecule has 0 spiro atoms. The van der Waals surface area contributed by atoms with Crippen molar-refractivity contribution in [3.05, 3.63) is 60.7 Å². The molecule has 2 N–H and O–H groups in total. The zero-order valence-corrected chi connectivity index (χ0v) is 15.6. The van der Waals surface area contributed by atoms with E-state index in [4.69, 9.17) is 11.6 Å². The fourth-order valence-electron chi connectivity index (χ4n) is 1.91. The monoisotopic (exact) mass is 405 g/mol. The lowest BCUT2D eigenvalue weighted by molar-refractivity contribution is 0.224. The van der Waals surface area contributed by atoms with Gasteiger partial charge in [0.1, 0.15) is 10.3 Å². The minimum absolute atomic E-state index is 0.179. The Labute approximate surface area is 151 Å². The number of hydrogen-bond acceptors (Lipinski definition) is 6. The van der Waals surface area contributed by atoms with Crippen molar-refractivity contribution in [3.63, 3.8) is 0 Å². The summed E-state index contributed by atoms with van der Waals surface area (Å²) in [6, 6.07) is 8.55. The van der Waals surface area contributed by atoms with Gasteiger partial charge in [0.25, 0.3) is 0 Å². The topological polar surface area (TPSA) is 66.4 Å². The average Bonchev–Trinajstić information content (AvgIpc) is 3.25. The van der Waals surface area contributed by atoms with Gasteiger partial charge in [-0.3, -0.25) is 0 Å². The highest BCUT2D eigenvalue weighted by Crippen LogP contribution is 2.30. The number of hydrogen-bond donors (Lipinski definition) is 2. The average molecular weight is 406 g/mol. The molecule has 0 amide bonds. The molecule has 3 heterocycles. The summed E-state index contributed by atoms with van der Waals surface area (Å²) in [5.41, 5.74) is 0.845. The SMILES string of the molecule is O=S(=O)(NCc1ccc(C(O)c2ccsc2)s1)c1ccc(Cl)s1. The molecule has 9 heteroatoms. The van der Waals surface area contributed by atoms with Crippen LogP contribution in [0.25, 0.3) is 0 Å². The van der Waals surface area contributed by atoms with E-state index in [1.54, 1.807) is 6.07 Å². The first-order valence-corrected chi connectivity index (χ1v) is 10.9. The van der Waals surface area contributed by atoms with E-state index in [0.717, 1.165) is 26.7 Å². The van der Waals surface area contributed by atoms with E-state index in [9.17, 15) is 13.5 Å². The molecule has 0 bridgehead atoms. The van der Waals surface area contributed by atoms with E-state index in [-0.39, 0.29) is 10.8 Å². The number of thiophene rings is 3. The third-order valence-corrected chi connectivity index (χ3v) is 8.02. The summed E-state index contributed by atoms with van der Waals surface area (Å²) in [6.45, 7) is 0.179. The van der Waals surface area contributed by atoms with Crippen molar-refractivity contribution in [1.82, 2.24) is 4.72 Å². The Balaban J connectivity index is 1.68. The molecule has 0 saturated carbocycles. The minimum atomic E-state index is -3.56. The van der Waals surface area contributed by atoms with Crippen molar-refractivity contribution in [1.29, 1.82) is 0 Å². The van der Waals surface area contributed by atoms with E-state index >= 15 is 0 Å². The van der Waals surface area contributed by atoms with Crippen molar-refractivity contribution in [2.45, 2.75) is 16.9 Å². The van der Waals surface area contributed by atoms with E-state index in [2.05, 4.69) is 4.72 Å². The maximum Gasteiger partial charge on any atom is 0.250 e. The first-order valence-electron chi connectivity index (χ1n) is 6.49. The lowest BCUT2D eigenvalue weighted by Crippen LogP contribution is -2.21. The third kappa shape index (κ3) is 4.03. The molecule has 1 unspecified atom stereocenters. The van der Waals surface area contributed by atoms with E-state index < -0.39 is 16.1 Å².